The molecule has 0 radical (unpaired) electrons. The fourth-order valence-corrected chi connectivity index (χ4v) is 2.44. The van der Waals surface area contributed by atoms with Crippen LogP contribution in [0.3, 0.4) is 0 Å². The number of hydrogen-bond acceptors (Lipinski definition) is 4. The van der Waals surface area contributed by atoms with Crippen LogP contribution in [-0.2, 0) is 0 Å². The van der Waals surface area contributed by atoms with Crippen molar-refractivity contribution in [2.45, 2.75) is 25.3 Å². The van der Waals surface area contributed by atoms with Gasteiger partial charge in [-0.15, -0.1) is 0 Å². The van der Waals surface area contributed by atoms with Crippen LogP contribution in [0.1, 0.15) is 36.4 Å². The van der Waals surface area contributed by atoms with Gasteiger partial charge in [-0.3, -0.25) is 0 Å². The molecule has 1 aliphatic heterocycles. The Morgan fingerprint density at radius 3 is 3.12 bits per heavy atom. The summed E-state index contributed by atoms with van der Waals surface area (Å²) in [6.07, 6.45) is 5.15. The number of rotatable bonds is 5. The van der Waals surface area contributed by atoms with Crippen LogP contribution in [0, 0.1) is 10.7 Å². The molecule has 1 aliphatic rings. The monoisotopic (exact) mass is 245 g/mol. The van der Waals surface area contributed by atoms with Crippen molar-refractivity contribution in [3.05, 3.63) is 35.4 Å². The van der Waals surface area contributed by atoms with Gasteiger partial charge >= 0.3 is 0 Å². The van der Waals surface area contributed by atoms with Crippen LogP contribution in [0.2, 0.25) is 0 Å². The SMILES string of the molecule is N#CSCCCCC1NN=Cc2ccccc21. The van der Waals surface area contributed by atoms with E-state index in [0.29, 0.717) is 6.04 Å². The molecule has 1 aromatic rings. The Bertz CT molecular complexity index is 437. The van der Waals surface area contributed by atoms with Gasteiger partial charge in [0.1, 0.15) is 5.40 Å². The second-order valence-electron chi connectivity index (χ2n) is 4.00. The lowest BCUT2D eigenvalue weighted by atomic mass is 9.96. The van der Waals surface area contributed by atoms with E-state index in [1.807, 2.05) is 12.3 Å². The zero-order valence-electron chi connectivity index (χ0n) is 9.60. The highest BCUT2D eigenvalue weighted by molar-refractivity contribution is 8.03. The first-order valence-electron chi connectivity index (χ1n) is 5.80. The van der Waals surface area contributed by atoms with Crippen molar-refractivity contribution in [3.8, 4) is 5.40 Å². The predicted molar refractivity (Wildman–Crippen MR) is 71.8 cm³/mol. The van der Waals surface area contributed by atoms with Crippen LogP contribution in [0.4, 0.5) is 0 Å². The largest absolute Gasteiger partial charge is 0.303 e. The van der Waals surface area contributed by atoms with Crippen LogP contribution in [-0.4, -0.2) is 12.0 Å². The molecule has 0 aliphatic carbocycles. The zero-order valence-corrected chi connectivity index (χ0v) is 10.4. The number of hydrogen-bond donors (Lipinski definition) is 1. The van der Waals surface area contributed by atoms with Crippen LogP contribution in [0.5, 0.6) is 0 Å². The fourth-order valence-electron chi connectivity index (χ4n) is 2.00. The maximum atomic E-state index is 8.43. The summed E-state index contributed by atoms with van der Waals surface area (Å²) < 4.78 is 0. The Labute approximate surface area is 106 Å². The molecule has 1 heterocycles. The molecule has 17 heavy (non-hydrogen) atoms. The highest BCUT2D eigenvalue weighted by Gasteiger charge is 2.15. The van der Waals surface area contributed by atoms with E-state index in [-0.39, 0.29) is 0 Å². The molecular weight excluding hydrogens is 230 g/mol. The van der Waals surface area contributed by atoms with E-state index in [1.54, 1.807) is 0 Å². The third-order valence-corrected chi connectivity index (χ3v) is 3.48. The van der Waals surface area contributed by atoms with Gasteiger partial charge in [0, 0.05) is 5.75 Å². The Morgan fingerprint density at radius 2 is 2.24 bits per heavy atom. The number of unbranched alkanes of at least 4 members (excludes halogenated alkanes) is 1. The van der Waals surface area contributed by atoms with Gasteiger partial charge in [0.25, 0.3) is 0 Å². The lowest BCUT2D eigenvalue weighted by Gasteiger charge is -2.22. The number of fused-ring (bicyclic) bond motifs is 1. The highest BCUT2D eigenvalue weighted by Crippen LogP contribution is 2.24. The van der Waals surface area contributed by atoms with Crippen molar-refractivity contribution >= 4 is 18.0 Å². The molecule has 2 rings (SSSR count). The van der Waals surface area contributed by atoms with Gasteiger partial charge in [-0.25, -0.2) is 0 Å². The van der Waals surface area contributed by atoms with Gasteiger partial charge < -0.3 is 5.43 Å². The van der Waals surface area contributed by atoms with E-state index >= 15 is 0 Å². The molecule has 0 spiro atoms. The lowest BCUT2D eigenvalue weighted by molar-refractivity contribution is 0.493. The summed E-state index contributed by atoms with van der Waals surface area (Å²) in [5, 5.41) is 14.7. The molecule has 1 unspecified atom stereocenters. The Kier molecular flexibility index (Phi) is 4.45. The molecule has 1 N–H and O–H groups in total. The Hall–Kier alpha value is -1.47. The summed E-state index contributed by atoms with van der Waals surface area (Å²) in [6.45, 7) is 0. The van der Waals surface area contributed by atoms with Crippen molar-refractivity contribution in [3.63, 3.8) is 0 Å². The maximum absolute atomic E-state index is 8.43. The number of nitriles is 1. The van der Waals surface area contributed by atoms with Gasteiger partial charge in [0.15, 0.2) is 0 Å². The van der Waals surface area contributed by atoms with Gasteiger partial charge in [-0.05, 0) is 35.7 Å². The third-order valence-electron chi connectivity index (χ3n) is 2.86. The highest BCUT2D eigenvalue weighted by atomic mass is 32.2. The molecule has 1 aromatic carbocycles. The first kappa shape index (κ1) is 12.0. The quantitative estimate of drug-likeness (QED) is 0.640. The number of nitrogens with zero attached hydrogens (tertiary/aromatic N) is 2. The number of nitrogens with one attached hydrogen (secondary N) is 1. The second-order valence-corrected chi connectivity index (χ2v) is 4.88. The fraction of sp³-hybridized carbons (Fsp3) is 0.385. The van der Waals surface area contributed by atoms with Crippen LogP contribution in [0.15, 0.2) is 29.4 Å². The molecule has 88 valence electrons. The topological polar surface area (TPSA) is 48.2 Å². The first-order chi connectivity index (χ1) is 8.42. The lowest BCUT2D eigenvalue weighted by Crippen LogP contribution is -2.21. The molecule has 4 heteroatoms. The summed E-state index contributed by atoms with van der Waals surface area (Å²) in [5.41, 5.74) is 5.70. The normalized spacial score (nSPS) is 17.0. The molecule has 0 amide bonds. The average Bonchev–Trinajstić information content (AvgIpc) is 2.39. The number of thioether (sulfide) groups is 1. The van der Waals surface area contributed by atoms with Crippen molar-refractivity contribution in [1.29, 1.82) is 5.26 Å². The van der Waals surface area contributed by atoms with Crippen molar-refractivity contribution in [2.75, 3.05) is 5.75 Å². The minimum atomic E-state index is 0.322. The molecule has 3 nitrogen and oxygen atoms in total. The minimum Gasteiger partial charge on any atom is -0.303 e. The number of hydrazone groups is 1. The average molecular weight is 245 g/mol. The summed E-state index contributed by atoms with van der Waals surface area (Å²) in [5.74, 6) is 0.925. The van der Waals surface area contributed by atoms with Gasteiger partial charge in [-0.1, -0.05) is 30.7 Å². The van der Waals surface area contributed by atoms with Crippen molar-refractivity contribution in [1.82, 2.24) is 5.43 Å². The van der Waals surface area contributed by atoms with E-state index in [0.717, 1.165) is 25.0 Å². The standard InChI is InChI=1S/C13H15N3S/c14-10-17-8-4-3-7-13-12-6-2-1-5-11(12)9-15-16-13/h1-2,5-6,9,13,16H,3-4,7-8H2. The molecule has 0 aromatic heterocycles. The molecule has 0 fully saturated rings. The summed E-state index contributed by atoms with van der Waals surface area (Å²) in [4.78, 5) is 0. The molecular formula is C13H15N3S. The molecule has 0 saturated carbocycles. The van der Waals surface area contributed by atoms with E-state index in [2.05, 4.69) is 34.1 Å². The Balaban J connectivity index is 1.87. The number of thiocyanates is 1. The van der Waals surface area contributed by atoms with E-state index in [4.69, 9.17) is 5.26 Å². The second kappa shape index (κ2) is 6.31. The smallest absolute Gasteiger partial charge is 0.133 e. The van der Waals surface area contributed by atoms with E-state index in [9.17, 15) is 0 Å². The zero-order chi connectivity index (χ0) is 11.9. The van der Waals surface area contributed by atoms with Gasteiger partial charge in [0.05, 0.1) is 12.3 Å². The van der Waals surface area contributed by atoms with Crippen molar-refractivity contribution < 1.29 is 0 Å². The summed E-state index contributed by atoms with van der Waals surface area (Å²) in [7, 11) is 0. The molecule has 0 bridgehead atoms. The first-order valence-corrected chi connectivity index (χ1v) is 6.79. The minimum absolute atomic E-state index is 0.322. The van der Waals surface area contributed by atoms with Gasteiger partial charge in [0.2, 0.25) is 0 Å². The van der Waals surface area contributed by atoms with Crippen molar-refractivity contribution in [2.24, 2.45) is 5.10 Å². The van der Waals surface area contributed by atoms with E-state index in [1.165, 1.54) is 22.9 Å². The summed E-state index contributed by atoms with van der Waals surface area (Å²) >= 11 is 1.34. The Morgan fingerprint density at radius 1 is 1.35 bits per heavy atom. The maximum Gasteiger partial charge on any atom is 0.133 e. The molecule has 1 atom stereocenters. The summed E-state index contributed by atoms with van der Waals surface area (Å²) in [6, 6.07) is 8.68. The van der Waals surface area contributed by atoms with Crippen LogP contribution < -0.4 is 5.43 Å². The van der Waals surface area contributed by atoms with Crippen LogP contribution in [0.25, 0.3) is 0 Å². The molecule has 0 saturated heterocycles. The van der Waals surface area contributed by atoms with Gasteiger partial charge in [-0.2, -0.15) is 10.4 Å². The number of benzene rings is 1. The van der Waals surface area contributed by atoms with Crippen LogP contribution >= 0.6 is 11.8 Å². The third kappa shape index (κ3) is 3.24. The van der Waals surface area contributed by atoms with E-state index < -0.39 is 0 Å². The predicted octanol–water partition coefficient (Wildman–Crippen LogP) is 3.05.